The van der Waals surface area contributed by atoms with Crippen molar-refractivity contribution in [3.05, 3.63) is 63.9 Å². The highest BCUT2D eigenvalue weighted by Gasteiger charge is 2.16. The summed E-state index contributed by atoms with van der Waals surface area (Å²) in [6.45, 7) is 2.71. The quantitative estimate of drug-likeness (QED) is 0.799. The molecule has 2 aromatic carbocycles. The van der Waals surface area contributed by atoms with E-state index in [4.69, 9.17) is 4.74 Å². The number of likely N-dealkylation sites (N-methyl/N-ethyl adjacent to an activating group) is 1. The van der Waals surface area contributed by atoms with Gasteiger partial charge in [-0.1, -0.05) is 28.1 Å². The largest absolute Gasteiger partial charge is 0.492 e. The molecule has 0 aliphatic carbocycles. The van der Waals surface area contributed by atoms with Gasteiger partial charge in [0.1, 0.15) is 18.2 Å². The van der Waals surface area contributed by atoms with Crippen molar-refractivity contribution in [3.63, 3.8) is 0 Å². The minimum atomic E-state index is -0.528. The van der Waals surface area contributed by atoms with Gasteiger partial charge in [-0.25, -0.2) is 4.39 Å². The van der Waals surface area contributed by atoms with Crippen molar-refractivity contribution in [2.75, 3.05) is 20.2 Å². The topological polar surface area (TPSA) is 29.5 Å². The lowest BCUT2D eigenvalue weighted by atomic mass is 10.2. The molecule has 0 fully saturated rings. The number of aryl methyl sites for hydroxylation is 1. The van der Waals surface area contributed by atoms with Crippen molar-refractivity contribution in [1.29, 1.82) is 0 Å². The van der Waals surface area contributed by atoms with Gasteiger partial charge >= 0.3 is 0 Å². The summed E-state index contributed by atoms with van der Waals surface area (Å²) in [5.41, 5.74) is 1.16. The molecule has 3 nitrogen and oxygen atoms in total. The number of hydrogen-bond acceptors (Lipinski definition) is 2. The summed E-state index contributed by atoms with van der Waals surface area (Å²) in [6.07, 6.45) is 0. The minimum absolute atomic E-state index is 0.0485. The van der Waals surface area contributed by atoms with E-state index >= 15 is 0 Å². The summed E-state index contributed by atoms with van der Waals surface area (Å²) in [5.74, 6) is -0.138. The van der Waals surface area contributed by atoms with Crippen LogP contribution in [-0.4, -0.2) is 31.0 Å². The van der Waals surface area contributed by atoms with Gasteiger partial charge in [0.25, 0.3) is 5.91 Å². The maximum atomic E-state index is 13.7. The number of benzene rings is 2. The second-order valence-electron chi connectivity index (χ2n) is 5.02. The standard InChI is InChI=1S/C17H17BrFNO2/c1-12-4-3-5-14(10-12)22-9-8-20(2)17(21)15-11-13(18)6-7-16(15)19/h3-7,10-11H,8-9H2,1-2H3. The first kappa shape index (κ1) is 16.5. The van der Waals surface area contributed by atoms with Crippen LogP contribution in [-0.2, 0) is 0 Å². The lowest BCUT2D eigenvalue weighted by molar-refractivity contribution is 0.0769. The van der Waals surface area contributed by atoms with Gasteiger partial charge in [-0.3, -0.25) is 4.79 Å². The zero-order valence-electron chi connectivity index (χ0n) is 12.5. The van der Waals surface area contributed by atoms with Crippen LogP contribution in [0.3, 0.4) is 0 Å². The van der Waals surface area contributed by atoms with Crippen LogP contribution < -0.4 is 4.74 Å². The Morgan fingerprint density at radius 2 is 2.05 bits per heavy atom. The number of halogens is 2. The Balaban J connectivity index is 1.93. The van der Waals surface area contributed by atoms with Gasteiger partial charge in [0.15, 0.2) is 0 Å². The predicted octanol–water partition coefficient (Wildman–Crippen LogP) is 4.05. The molecular weight excluding hydrogens is 349 g/mol. The second kappa shape index (κ2) is 7.40. The van der Waals surface area contributed by atoms with Crippen LogP contribution in [0.2, 0.25) is 0 Å². The van der Waals surface area contributed by atoms with Crippen molar-refractivity contribution in [2.45, 2.75) is 6.92 Å². The third-order valence-electron chi connectivity index (χ3n) is 3.19. The molecule has 0 saturated carbocycles. The van der Waals surface area contributed by atoms with Crippen molar-refractivity contribution >= 4 is 21.8 Å². The molecule has 2 aromatic rings. The normalized spacial score (nSPS) is 10.4. The van der Waals surface area contributed by atoms with Crippen molar-refractivity contribution in [1.82, 2.24) is 4.90 Å². The number of amides is 1. The highest BCUT2D eigenvalue weighted by molar-refractivity contribution is 9.10. The smallest absolute Gasteiger partial charge is 0.256 e. The first-order chi connectivity index (χ1) is 10.5. The van der Waals surface area contributed by atoms with E-state index in [-0.39, 0.29) is 11.5 Å². The molecule has 116 valence electrons. The number of ether oxygens (including phenoxy) is 1. The molecule has 0 spiro atoms. The zero-order chi connectivity index (χ0) is 16.1. The van der Waals surface area contributed by atoms with Crippen LogP contribution in [0.15, 0.2) is 46.9 Å². The highest BCUT2D eigenvalue weighted by atomic mass is 79.9. The van der Waals surface area contributed by atoms with Crippen LogP contribution >= 0.6 is 15.9 Å². The second-order valence-corrected chi connectivity index (χ2v) is 5.93. The molecule has 5 heteroatoms. The van der Waals surface area contributed by atoms with E-state index in [1.54, 1.807) is 13.1 Å². The van der Waals surface area contributed by atoms with Gasteiger partial charge in [0, 0.05) is 11.5 Å². The Hall–Kier alpha value is -1.88. The molecule has 0 heterocycles. The zero-order valence-corrected chi connectivity index (χ0v) is 14.1. The fourth-order valence-electron chi connectivity index (χ4n) is 1.97. The van der Waals surface area contributed by atoms with Gasteiger partial charge in [-0.2, -0.15) is 0 Å². The van der Waals surface area contributed by atoms with E-state index < -0.39 is 5.82 Å². The van der Waals surface area contributed by atoms with Gasteiger partial charge in [-0.15, -0.1) is 0 Å². The molecule has 22 heavy (non-hydrogen) atoms. The average molecular weight is 366 g/mol. The van der Waals surface area contributed by atoms with E-state index in [2.05, 4.69) is 15.9 Å². The van der Waals surface area contributed by atoms with Gasteiger partial charge < -0.3 is 9.64 Å². The van der Waals surface area contributed by atoms with E-state index in [0.717, 1.165) is 11.3 Å². The van der Waals surface area contributed by atoms with E-state index in [0.29, 0.717) is 17.6 Å². The summed E-state index contributed by atoms with van der Waals surface area (Å²) < 4.78 is 20.0. The summed E-state index contributed by atoms with van der Waals surface area (Å²) in [5, 5.41) is 0. The molecule has 0 radical (unpaired) electrons. The molecule has 0 aliphatic rings. The van der Waals surface area contributed by atoms with Crippen LogP contribution in [0.5, 0.6) is 5.75 Å². The first-order valence-electron chi connectivity index (χ1n) is 6.87. The molecule has 0 atom stereocenters. The molecule has 0 bridgehead atoms. The van der Waals surface area contributed by atoms with Gasteiger partial charge in [0.05, 0.1) is 12.1 Å². The van der Waals surface area contributed by atoms with E-state index in [1.807, 2.05) is 31.2 Å². The Morgan fingerprint density at radius 1 is 1.27 bits per heavy atom. The summed E-state index contributed by atoms with van der Waals surface area (Å²) in [4.78, 5) is 13.7. The minimum Gasteiger partial charge on any atom is -0.492 e. The molecule has 0 aromatic heterocycles. The fourth-order valence-corrected chi connectivity index (χ4v) is 2.34. The molecule has 2 rings (SSSR count). The third kappa shape index (κ3) is 4.31. The van der Waals surface area contributed by atoms with Gasteiger partial charge in [0.2, 0.25) is 0 Å². The maximum absolute atomic E-state index is 13.7. The SMILES string of the molecule is Cc1cccc(OCCN(C)C(=O)c2cc(Br)ccc2F)c1. The lowest BCUT2D eigenvalue weighted by Gasteiger charge is -2.18. The molecule has 0 unspecified atom stereocenters. The van der Waals surface area contributed by atoms with E-state index in [9.17, 15) is 9.18 Å². The van der Waals surface area contributed by atoms with Crippen molar-refractivity contribution in [3.8, 4) is 5.75 Å². The summed E-state index contributed by atoms with van der Waals surface area (Å²) >= 11 is 3.24. The van der Waals surface area contributed by atoms with Crippen molar-refractivity contribution < 1.29 is 13.9 Å². The summed E-state index contributed by atoms with van der Waals surface area (Å²) in [6, 6.07) is 12.0. The van der Waals surface area contributed by atoms with Crippen LogP contribution in [0.1, 0.15) is 15.9 Å². The molecule has 0 N–H and O–H groups in total. The van der Waals surface area contributed by atoms with E-state index in [1.165, 1.54) is 17.0 Å². The lowest BCUT2D eigenvalue weighted by Crippen LogP contribution is -2.31. The maximum Gasteiger partial charge on any atom is 0.256 e. The van der Waals surface area contributed by atoms with Gasteiger partial charge in [-0.05, 0) is 42.8 Å². The molecule has 0 aliphatic heterocycles. The monoisotopic (exact) mass is 365 g/mol. The Morgan fingerprint density at radius 3 is 2.77 bits per heavy atom. The van der Waals surface area contributed by atoms with Crippen LogP contribution in [0.25, 0.3) is 0 Å². The number of hydrogen-bond donors (Lipinski definition) is 0. The Bertz CT molecular complexity index is 675. The van der Waals surface area contributed by atoms with Crippen LogP contribution in [0.4, 0.5) is 4.39 Å². The molecule has 1 amide bonds. The summed E-state index contributed by atoms with van der Waals surface area (Å²) in [7, 11) is 1.63. The number of rotatable bonds is 5. The number of carbonyl (C=O) groups excluding carboxylic acids is 1. The molecule has 0 saturated heterocycles. The molecular formula is C17H17BrFNO2. The number of nitrogens with zero attached hydrogens (tertiary/aromatic N) is 1. The Labute approximate surface area is 137 Å². The Kier molecular flexibility index (Phi) is 5.55. The predicted molar refractivity (Wildman–Crippen MR) is 87.7 cm³/mol. The highest BCUT2D eigenvalue weighted by Crippen LogP contribution is 2.17. The van der Waals surface area contributed by atoms with Crippen LogP contribution in [0, 0.1) is 12.7 Å². The third-order valence-corrected chi connectivity index (χ3v) is 3.68. The van der Waals surface area contributed by atoms with Crippen molar-refractivity contribution in [2.24, 2.45) is 0 Å². The first-order valence-corrected chi connectivity index (χ1v) is 7.66. The fraction of sp³-hybridized carbons (Fsp3) is 0.235. The number of carbonyl (C=O) groups is 1. The average Bonchev–Trinajstić information content (AvgIpc) is 2.49.